The van der Waals surface area contributed by atoms with Gasteiger partial charge in [0, 0.05) is 5.38 Å². The molecule has 0 aliphatic rings. The van der Waals surface area contributed by atoms with Crippen molar-refractivity contribution >= 4 is 45.2 Å². The molecule has 0 fully saturated rings. The Balaban J connectivity index is 2.67. The van der Waals surface area contributed by atoms with E-state index in [9.17, 15) is 4.79 Å². The van der Waals surface area contributed by atoms with E-state index in [2.05, 4.69) is 10.3 Å². The lowest BCUT2D eigenvalue weighted by atomic mass is 11.0. The van der Waals surface area contributed by atoms with Crippen LogP contribution in [0.25, 0.3) is 0 Å². The number of hydrogen-bond acceptors (Lipinski definition) is 3. The molecule has 4 nitrogen and oxygen atoms in total. The van der Waals surface area contributed by atoms with E-state index < -0.39 is 6.09 Å². The highest BCUT2D eigenvalue weighted by Gasteiger charge is 2.00. The van der Waals surface area contributed by atoms with E-state index in [1.54, 1.807) is 5.38 Å². The van der Waals surface area contributed by atoms with E-state index in [4.69, 9.17) is 5.11 Å². The number of nitrogens with zero attached hydrogens (tertiary/aromatic N) is 1. The van der Waals surface area contributed by atoms with Crippen LogP contribution in [-0.2, 0) is 0 Å². The Morgan fingerprint density at radius 2 is 2.60 bits per heavy atom. The molecule has 1 heterocycles. The van der Waals surface area contributed by atoms with E-state index in [0.29, 0.717) is 5.13 Å². The number of anilines is 1. The minimum atomic E-state index is -1.08. The zero-order valence-corrected chi connectivity index (χ0v) is 7.64. The van der Waals surface area contributed by atoms with Crippen LogP contribution in [0.2, 0.25) is 0 Å². The molecule has 0 saturated carbocycles. The molecule has 0 atom stereocenters. The van der Waals surface area contributed by atoms with Gasteiger partial charge >= 0.3 is 6.09 Å². The zero-order valence-electron chi connectivity index (χ0n) is 4.67. The average molecular weight is 270 g/mol. The summed E-state index contributed by atoms with van der Waals surface area (Å²) in [6.07, 6.45) is -1.08. The molecule has 0 unspecified atom stereocenters. The number of amides is 1. The van der Waals surface area contributed by atoms with Crippen molar-refractivity contribution in [3.63, 3.8) is 0 Å². The van der Waals surface area contributed by atoms with Gasteiger partial charge in [0.25, 0.3) is 0 Å². The van der Waals surface area contributed by atoms with Crippen LogP contribution in [0.1, 0.15) is 0 Å². The Labute approximate surface area is 74.4 Å². The summed E-state index contributed by atoms with van der Waals surface area (Å²) in [7, 11) is 0. The van der Waals surface area contributed by atoms with Gasteiger partial charge in [0.05, 0.1) is 0 Å². The summed E-state index contributed by atoms with van der Waals surface area (Å²) >= 11 is 3.28. The topological polar surface area (TPSA) is 62.2 Å². The van der Waals surface area contributed by atoms with E-state index in [0.717, 1.165) is 3.70 Å². The summed E-state index contributed by atoms with van der Waals surface area (Å²) in [5, 5.41) is 12.6. The second kappa shape index (κ2) is 3.15. The van der Waals surface area contributed by atoms with Gasteiger partial charge in [0.15, 0.2) is 5.13 Å². The fourth-order valence-electron chi connectivity index (χ4n) is 0.403. The van der Waals surface area contributed by atoms with Gasteiger partial charge in [-0.3, -0.25) is 5.32 Å². The largest absolute Gasteiger partial charge is 0.465 e. The number of halogens is 1. The van der Waals surface area contributed by atoms with Crippen molar-refractivity contribution in [1.82, 2.24) is 4.98 Å². The van der Waals surface area contributed by atoms with E-state index >= 15 is 0 Å². The maximum atomic E-state index is 10.0. The molecule has 1 aromatic rings. The smallest absolute Gasteiger partial charge is 0.410 e. The monoisotopic (exact) mass is 270 g/mol. The van der Waals surface area contributed by atoms with Crippen LogP contribution in [0.5, 0.6) is 0 Å². The summed E-state index contributed by atoms with van der Waals surface area (Å²) < 4.78 is 0.798. The summed E-state index contributed by atoms with van der Waals surface area (Å²) in [6, 6.07) is 0. The fraction of sp³-hybridized carbons (Fsp3) is 0. The minimum absolute atomic E-state index is 0.414. The van der Waals surface area contributed by atoms with Crippen molar-refractivity contribution in [2.75, 3.05) is 5.32 Å². The van der Waals surface area contributed by atoms with Gasteiger partial charge in [0.1, 0.15) is 3.70 Å². The lowest BCUT2D eigenvalue weighted by molar-refractivity contribution is 0.209. The highest BCUT2D eigenvalue weighted by molar-refractivity contribution is 14.1. The van der Waals surface area contributed by atoms with Gasteiger partial charge in [0.2, 0.25) is 0 Å². The van der Waals surface area contributed by atoms with Crippen LogP contribution in [0.15, 0.2) is 5.38 Å². The Bertz CT molecular complexity index is 249. The number of nitrogens with one attached hydrogen (secondary N) is 1. The number of hydrogen-bond donors (Lipinski definition) is 2. The fourth-order valence-corrected chi connectivity index (χ4v) is 1.75. The van der Waals surface area contributed by atoms with Gasteiger partial charge in [-0.1, -0.05) is 0 Å². The summed E-state index contributed by atoms with van der Waals surface area (Å²) in [5.74, 6) is 0. The van der Waals surface area contributed by atoms with Crippen molar-refractivity contribution in [2.24, 2.45) is 0 Å². The van der Waals surface area contributed by atoms with E-state index in [-0.39, 0.29) is 0 Å². The minimum Gasteiger partial charge on any atom is -0.465 e. The summed E-state index contributed by atoms with van der Waals surface area (Å²) in [6.45, 7) is 0. The highest BCUT2D eigenvalue weighted by atomic mass is 127. The molecule has 0 radical (unpaired) electrons. The lowest BCUT2D eigenvalue weighted by Crippen LogP contribution is -2.06. The van der Waals surface area contributed by atoms with Crippen molar-refractivity contribution in [2.45, 2.75) is 0 Å². The molecule has 6 heteroatoms. The van der Waals surface area contributed by atoms with Crippen molar-refractivity contribution < 1.29 is 9.90 Å². The molecule has 1 amide bonds. The van der Waals surface area contributed by atoms with E-state index in [1.807, 2.05) is 22.6 Å². The normalized spacial score (nSPS) is 9.30. The Kier molecular flexibility index (Phi) is 2.44. The van der Waals surface area contributed by atoms with Crippen molar-refractivity contribution in [1.29, 1.82) is 0 Å². The van der Waals surface area contributed by atoms with Gasteiger partial charge in [-0.15, -0.1) is 11.3 Å². The third kappa shape index (κ3) is 2.10. The first-order valence-electron chi connectivity index (χ1n) is 2.29. The average Bonchev–Trinajstić information content (AvgIpc) is 2.13. The number of thiazole rings is 1. The zero-order chi connectivity index (χ0) is 7.56. The molecule has 0 bridgehead atoms. The van der Waals surface area contributed by atoms with Gasteiger partial charge < -0.3 is 5.11 Å². The number of carbonyl (C=O) groups is 1. The molecule has 54 valence electrons. The number of rotatable bonds is 1. The molecule has 2 N–H and O–H groups in total. The molecular formula is C4H3IN2O2S. The SMILES string of the molecule is O=C(O)Nc1nc(I)cs1. The Morgan fingerprint density at radius 3 is 3.00 bits per heavy atom. The number of aromatic nitrogens is 1. The van der Waals surface area contributed by atoms with Crippen molar-refractivity contribution in [3.8, 4) is 0 Å². The standard InChI is InChI=1S/C4H3IN2O2S/c5-2-1-10-3(6-2)7-4(8)9/h1H,(H,6,7)(H,8,9). The highest BCUT2D eigenvalue weighted by Crippen LogP contribution is 2.15. The van der Waals surface area contributed by atoms with Gasteiger partial charge in [-0.2, -0.15) is 0 Å². The van der Waals surface area contributed by atoms with Crippen LogP contribution in [0, 0.1) is 3.70 Å². The maximum Gasteiger partial charge on any atom is 0.410 e. The van der Waals surface area contributed by atoms with Gasteiger partial charge in [-0.05, 0) is 22.6 Å². The second-order valence-corrected chi connectivity index (χ2v) is 3.37. The van der Waals surface area contributed by atoms with Crippen LogP contribution >= 0.6 is 33.9 Å². The quantitative estimate of drug-likeness (QED) is 0.765. The molecular weight excluding hydrogens is 267 g/mol. The third-order valence-corrected chi connectivity index (χ3v) is 2.42. The first kappa shape index (κ1) is 7.73. The van der Waals surface area contributed by atoms with Gasteiger partial charge in [-0.25, -0.2) is 9.78 Å². The second-order valence-electron chi connectivity index (χ2n) is 1.41. The van der Waals surface area contributed by atoms with Crippen LogP contribution in [0.4, 0.5) is 9.93 Å². The first-order valence-corrected chi connectivity index (χ1v) is 4.25. The molecule has 0 spiro atoms. The molecule has 0 saturated heterocycles. The predicted molar refractivity (Wildman–Crippen MR) is 46.5 cm³/mol. The molecule has 0 aliphatic heterocycles. The van der Waals surface area contributed by atoms with E-state index in [1.165, 1.54) is 11.3 Å². The summed E-state index contributed by atoms with van der Waals surface area (Å²) in [4.78, 5) is 13.9. The summed E-state index contributed by atoms with van der Waals surface area (Å²) in [5.41, 5.74) is 0. The molecule has 1 aromatic heterocycles. The molecule has 0 aliphatic carbocycles. The first-order chi connectivity index (χ1) is 4.68. The Hall–Kier alpha value is -0.370. The Morgan fingerprint density at radius 1 is 1.90 bits per heavy atom. The van der Waals surface area contributed by atoms with Crippen LogP contribution < -0.4 is 5.32 Å². The molecule has 10 heavy (non-hydrogen) atoms. The predicted octanol–water partition coefficient (Wildman–Crippen LogP) is 1.84. The number of carboxylic acid groups (broad SMARTS) is 1. The van der Waals surface area contributed by atoms with Crippen LogP contribution in [0.3, 0.4) is 0 Å². The van der Waals surface area contributed by atoms with Crippen LogP contribution in [-0.4, -0.2) is 16.2 Å². The third-order valence-electron chi connectivity index (χ3n) is 0.690. The molecule has 1 rings (SSSR count). The lowest BCUT2D eigenvalue weighted by Gasteiger charge is -1.89. The molecule has 0 aromatic carbocycles. The maximum absolute atomic E-state index is 10.0. The van der Waals surface area contributed by atoms with Crippen molar-refractivity contribution in [3.05, 3.63) is 9.08 Å².